The van der Waals surface area contributed by atoms with Crippen LogP contribution in [0.3, 0.4) is 0 Å². The number of nitrogen functional groups attached to an aromatic ring is 1. The molecule has 7 heteroatoms. The predicted molar refractivity (Wildman–Crippen MR) is 54.2 cm³/mol. The lowest BCUT2D eigenvalue weighted by molar-refractivity contribution is -0.156. The van der Waals surface area contributed by atoms with Crippen LogP contribution in [0.4, 0.5) is 5.13 Å². The molecule has 2 atom stereocenters. The van der Waals surface area contributed by atoms with Crippen molar-refractivity contribution in [3.05, 3.63) is 10.6 Å². The number of esters is 1. The Bertz CT molecular complexity index is 366. The number of aryl methyl sites for hydroxylation is 1. The molecular weight excluding hydrogens is 220 g/mol. The minimum absolute atomic E-state index is 0.276. The molecule has 0 aromatic carbocycles. The summed E-state index contributed by atoms with van der Waals surface area (Å²) in [6, 6.07) is 0. The van der Waals surface area contributed by atoms with Crippen molar-refractivity contribution >= 4 is 22.4 Å². The van der Waals surface area contributed by atoms with E-state index >= 15 is 0 Å². The van der Waals surface area contributed by atoms with Crippen molar-refractivity contribution in [1.82, 2.24) is 4.98 Å². The first-order valence-corrected chi connectivity index (χ1v) is 4.95. The summed E-state index contributed by atoms with van der Waals surface area (Å²) in [5.41, 5.74) is 5.92. The zero-order valence-electron chi connectivity index (χ0n) is 8.30. The van der Waals surface area contributed by atoms with Crippen molar-refractivity contribution < 1.29 is 19.7 Å². The molecule has 0 saturated carbocycles. The Morgan fingerprint density at radius 3 is 2.60 bits per heavy atom. The highest BCUT2D eigenvalue weighted by Crippen LogP contribution is 2.28. The summed E-state index contributed by atoms with van der Waals surface area (Å²) in [4.78, 5) is 15.2. The van der Waals surface area contributed by atoms with Gasteiger partial charge in [0.1, 0.15) is 6.10 Å². The van der Waals surface area contributed by atoms with Crippen LogP contribution in [-0.4, -0.2) is 34.4 Å². The van der Waals surface area contributed by atoms with E-state index in [1.165, 1.54) is 0 Å². The molecule has 0 amide bonds. The molecule has 1 heterocycles. The van der Waals surface area contributed by atoms with E-state index in [0.29, 0.717) is 10.6 Å². The van der Waals surface area contributed by atoms with Gasteiger partial charge in [-0.2, -0.15) is 0 Å². The van der Waals surface area contributed by atoms with Gasteiger partial charge in [-0.3, -0.25) is 0 Å². The maximum absolute atomic E-state index is 11.0. The van der Waals surface area contributed by atoms with E-state index in [1.807, 2.05) is 0 Å². The van der Waals surface area contributed by atoms with Gasteiger partial charge in [0.15, 0.2) is 11.2 Å². The minimum Gasteiger partial charge on any atom is -0.467 e. The van der Waals surface area contributed by atoms with E-state index in [0.717, 1.165) is 18.4 Å². The second-order valence-corrected chi connectivity index (χ2v) is 3.98. The van der Waals surface area contributed by atoms with Crippen LogP contribution >= 0.6 is 11.3 Å². The van der Waals surface area contributed by atoms with Gasteiger partial charge in [-0.1, -0.05) is 11.3 Å². The fourth-order valence-corrected chi connectivity index (χ4v) is 1.95. The van der Waals surface area contributed by atoms with E-state index < -0.39 is 18.2 Å². The van der Waals surface area contributed by atoms with Crippen LogP contribution in [0.1, 0.15) is 16.7 Å². The molecule has 1 rings (SSSR count). The fraction of sp³-hybridized carbons (Fsp3) is 0.500. The van der Waals surface area contributed by atoms with Crippen molar-refractivity contribution in [3.8, 4) is 0 Å². The Kier molecular flexibility index (Phi) is 3.61. The molecule has 0 aliphatic carbocycles. The molecule has 0 bridgehead atoms. The number of aromatic nitrogens is 1. The van der Waals surface area contributed by atoms with Crippen LogP contribution in [0.25, 0.3) is 0 Å². The van der Waals surface area contributed by atoms with Crippen molar-refractivity contribution in [2.24, 2.45) is 0 Å². The lowest BCUT2D eigenvalue weighted by Crippen LogP contribution is -2.28. The quantitative estimate of drug-likeness (QED) is 0.612. The van der Waals surface area contributed by atoms with E-state index in [-0.39, 0.29) is 5.13 Å². The van der Waals surface area contributed by atoms with Gasteiger partial charge in [-0.15, -0.1) is 0 Å². The van der Waals surface area contributed by atoms with Gasteiger partial charge in [0.2, 0.25) is 0 Å². The summed E-state index contributed by atoms with van der Waals surface area (Å²) in [6.45, 7) is 1.63. The Morgan fingerprint density at radius 2 is 2.20 bits per heavy atom. The molecule has 84 valence electrons. The van der Waals surface area contributed by atoms with E-state index in [1.54, 1.807) is 6.92 Å². The smallest absolute Gasteiger partial charge is 0.337 e. The molecule has 0 fully saturated rings. The van der Waals surface area contributed by atoms with Gasteiger partial charge >= 0.3 is 5.97 Å². The standard InChI is InChI=1S/C8H12N2O4S/c1-3-6(15-8(9)10-3)4(11)5(12)7(13)14-2/h4-5,11-12H,1-2H3,(H2,9,10). The van der Waals surface area contributed by atoms with Gasteiger partial charge in [-0.25, -0.2) is 9.78 Å². The first kappa shape index (κ1) is 11.9. The summed E-state index contributed by atoms with van der Waals surface area (Å²) in [5, 5.41) is 19.3. The zero-order chi connectivity index (χ0) is 11.6. The third-order valence-corrected chi connectivity index (χ3v) is 2.92. The van der Waals surface area contributed by atoms with Crippen molar-refractivity contribution in [3.63, 3.8) is 0 Å². The van der Waals surface area contributed by atoms with E-state index in [4.69, 9.17) is 5.73 Å². The summed E-state index contributed by atoms with van der Waals surface area (Å²) < 4.78 is 4.31. The third-order valence-electron chi connectivity index (χ3n) is 1.86. The summed E-state index contributed by atoms with van der Waals surface area (Å²) >= 11 is 1.03. The molecule has 4 N–H and O–H groups in total. The summed E-state index contributed by atoms with van der Waals surface area (Å²) in [7, 11) is 1.13. The Labute approximate surface area is 90.3 Å². The van der Waals surface area contributed by atoms with Crippen LogP contribution < -0.4 is 5.73 Å². The van der Waals surface area contributed by atoms with Gasteiger partial charge in [0.25, 0.3) is 0 Å². The number of carbonyl (C=O) groups excluding carboxylic acids is 1. The number of nitrogens with zero attached hydrogens (tertiary/aromatic N) is 1. The topological polar surface area (TPSA) is 106 Å². The highest BCUT2D eigenvalue weighted by atomic mass is 32.1. The van der Waals surface area contributed by atoms with Gasteiger partial charge in [0.05, 0.1) is 17.7 Å². The fourth-order valence-electron chi connectivity index (χ4n) is 1.10. The average Bonchev–Trinajstić information content (AvgIpc) is 2.54. The number of anilines is 1. The van der Waals surface area contributed by atoms with Crippen LogP contribution in [0.5, 0.6) is 0 Å². The SMILES string of the molecule is COC(=O)C(O)C(O)c1sc(N)nc1C. The van der Waals surface area contributed by atoms with Crippen molar-refractivity contribution in [2.45, 2.75) is 19.1 Å². The largest absolute Gasteiger partial charge is 0.467 e. The predicted octanol–water partition coefficient (Wildman–Crippen LogP) is -0.399. The molecule has 0 aliphatic rings. The molecular formula is C8H12N2O4S. The highest BCUT2D eigenvalue weighted by molar-refractivity contribution is 7.15. The minimum atomic E-state index is -1.62. The first-order chi connectivity index (χ1) is 6.97. The Balaban J connectivity index is 2.89. The van der Waals surface area contributed by atoms with Crippen LogP contribution in [0, 0.1) is 6.92 Å². The highest BCUT2D eigenvalue weighted by Gasteiger charge is 2.29. The van der Waals surface area contributed by atoms with E-state index in [2.05, 4.69) is 9.72 Å². The molecule has 0 spiro atoms. The third kappa shape index (κ3) is 2.44. The molecule has 1 aromatic heterocycles. The number of aliphatic hydroxyl groups excluding tert-OH is 2. The molecule has 2 unspecified atom stereocenters. The number of rotatable bonds is 3. The second-order valence-electron chi connectivity index (χ2n) is 2.91. The number of hydrogen-bond acceptors (Lipinski definition) is 7. The monoisotopic (exact) mass is 232 g/mol. The van der Waals surface area contributed by atoms with Crippen molar-refractivity contribution in [2.75, 3.05) is 12.8 Å². The molecule has 6 nitrogen and oxygen atoms in total. The molecule has 0 saturated heterocycles. The van der Waals surface area contributed by atoms with Crippen molar-refractivity contribution in [1.29, 1.82) is 0 Å². The summed E-state index contributed by atoms with van der Waals surface area (Å²) in [6.07, 6.45) is -2.97. The maximum atomic E-state index is 11.0. The number of aliphatic hydroxyl groups is 2. The Hall–Kier alpha value is -1.18. The number of ether oxygens (including phenoxy) is 1. The lowest BCUT2D eigenvalue weighted by Gasteiger charge is -2.14. The molecule has 1 aromatic rings. The Morgan fingerprint density at radius 1 is 1.60 bits per heavy atom. The maximum Gasteiger partial charge on any atom is 0.337 e. The number of carbonyl (C=O) groups is 1. The van der Waals surface area contributed by atoms with Gasteiger partial charge in [-0.05, 0) is 6.92 Å². The zero-order valence-corrected chi connectivity index (χ0v) is 9.11. The lowest BCUT2D eigenvalue weighted by atomic mass is 10.1. The van der Waals surface area contributed by atoms with Gasteiger partial charge < -0.3 is 20.7 Å². The number of hydrogen-bond donors (Lipinski definition) is 3. The van der Waals surface area contributed by atoms with Crippen LogP contribution in [-0.2, 0) is 9.53 Å². The van der Waals surface area contributed by atoms with Crippen LogP contribution in [0.15, 0.2) is 0 Å². The van der Waals surface area contributed by atoms with Gasteiger partial charge in [0, 0.05) is 0 Å². The molecule has 0 radical (unpaired) electrons. The number of thiazole rings is 1. The first-order valence-electron chi connectivity index (χ1n) is 4.14. The summed E-state index contributed by atoms with van der Waals surface area (Å²) in [5.74, 6) is -0.895. The molecule has 0 aliphatic heterocycles. The molecule has 15 heavy (non-hydrogen) atoms. The number of nitrogens with two attached hydrogens (primary N) is 1. The number of methoxy groups -OCH3 is 1. The van der Waals surface area contributed by atoms with E-state index in [9.17, 15) is 15.0 Å². The van der Waals surface area contributed by atoms with Crippen LogP contribution in [0.2, 0.25) is 0 Å². The average molecular weight is 232 g/mol. The second kappa shape index (κ2) is 4.56. The normalized spacial score (nSPS) is 14.7.